The molecule has 2 aromatic rings. The quantitative estimate of drug-likeness (QED) is 0.744. The van der Waals surface area contributed by atoms with Crippen molar-refractivity contribution in [1.82, 2.24) is 0 Å². The summed E-state index contributed by atoms with van der Waals surface area (Å²) in [5.74, 6) is -0.962. The minimum atomic E-state index is -0.962. The number of hydrogen-bond acceptors (Lipinski definition) is 2. The third kappa shape index (κ3) is 3.62. The predicted octanol–water partition coefficient (Wildman–Crippen LogP) is 4.12. The highest BCUT2D eigenvalue weighted by Gasteiger charge is 2.08. The fourth-order valence-corrected chi connectivity index (χ4v) is 2.27. The van der Waals surface area contributed by atoms with Crippen LogP contribution in [0.4, 0.5) is 11.4 Å². The average molecular weight is 314 g/mol. The van der Waals surface area contributed by atoms with E-state index in [1.807, 2.05) is 39.0 Å². The van der Waals surface area contributed by atoms with E-state index in [0.717, 1.165) is 16.8 Å². The van der Waals surface area contributed by atoms with Crippen molar-refractivity contribution in [2.75, 3.05) is 10.6 Å². The van der Waals surface area contributed by atoms with E-state index in [-0.39, 0.29) is 5.56 Å². The molecular formula is C17H18N2O2S. The standard InChI is InChI=1S/C17H18N2O2S/c1-10-5-4-6-14(12(10)3)18-17(22)19-15-9-13(16(20)21)8-7-11(15)2/h4-9H,1-3H3,(H,20,21)(H2,18,19,22). The van der Waals surface area contributed by atoms with Crippen molar-refractivity contribution in [3.63, 3.8) is 0 Å². The van der Waals surface area contributed by atoms with Crippen LogP contribution in [0.1, 0.15) is 27.0 Å². The summed E-state index contributed by atoms with van der Waals surface area (Å²) in [6.07, 6.45) is 0. The Morgan fingerprint density at radius 3 is 2.36 bits per heavy atom. The highest BCUT2D eigenvalue weighted by Crippen LogP contribution is 2.20. The number of thiocarbonyl (C=S) groups is 1. The largest absolute Gasteiger partial charge is 0.478 e. The summed E-state index contributed by atoms with van der Waals surface area (Å²) >= 11 is 5.32. The summed E-state index contributed by atoms with van der Waals surface area (Å²) < 4.78 is 0. The second kappa shape index (κ2) is 6.58. The molecular weight excluding hydrogens is 296 g/mol. The van der Waals surface area contributed by atoms with Gasteiger partial charge in [0.25, 0.3) is 0 Å². The van der Waals surface area contributed by atoms with Crippen LogP contribution in [0.15, 0.2) is 36.4 Å². The molecule has 0 aromatic heterocycles. The third-order valence-corrected chi connectivity index (χ3v) is 3.79. The van der Waals surface area contributed by atoms with Crippen molar-refractivity contribution in [2.45, 2.75) is 20.8 Å². The number of carboxylic acid groups (broad SMARTS) is 1. The van der Waals surface area contributed by atoms with E-state index in [9.17, 15) is 4.79 Å². The Kier molecular flexibility index (Phi) is 4.78. The van der Waals surface area contributed by atoms with Crippen molar-refractivity contribution >= 4 is 34.7 Å². The minimum absolute atomic E-state index is 0.225. The number of hydrogen-bond donors (Lipinski definition) is 3. The molecule has 114 valence electrons. The molecule has 4 nitrogen and oxygen atoms in total. The first-order valence-electron chi connectivity index (χ1n) is 6.86. The Bertz CT molecular complexity index is 741. The van der Waals surface area contributed by atoms with Crippen molar-refractivity contribution in [3.8, 4) is 0 Å². The van der Waals surface area contributed by atoms with Crippen molar-refractivity contribution in [1.29, 1.82) is 0 Å². The van der Waals surface area contributed by atoms with Gasteiger partial charge in [0, 0.05) is 11.4 Å². The molecule has 0 saturated carbocycles. The molecule has 3 N–H and O–H groups in total. The van der Waals surface area contributed by atoms with Gasteiger partial charge in [-0.3, -0.25) is 0 Å². The Labute approximate surface area is 135 Å². The highest BCUT2D eigenvalue weighted by molar-refractivity contribution is 7.80. The lowest BCUT2D eigenvalue weighted by Crippen LogP contribution is -2.20. The summed E-state index contributed by atoms with van der Waals surface area (Å²) in [6, 6.07) is 10.9. The molecule has 5 heteroatoms. The molecule has 0 aliphatic carbocycles. The van der Waals surface area contributed by atoms with E-state index in [4.69, 9.17) is 17.3 Å². The van der Waals surface area contributed by atoms with Gasteiger partial charge >= 0.3 is 5.97 Å². The van der Waals surface area contributed by atoms with Crippen LogP contribution in [0.2, 0.25) is 0 Å². The van der Waals surface area contributed by atoms with Gasteiger partial charge < -0.3 is 15.7 Å². The Morgan fingerprint density at radius 2 is 1.68 bits per heavy atom. The van der Waals surface area contributed by atoms with Crippen LogP contribution in [0, 0.1) is 20.8 Å². The first-order valence-corrected chi connectivity index (χ1v) is 7.27. The maximum atomic E-state index is 11.0. The summed E-state index contributed by atoms with van der Waals surface area (Å²) in [7, 11) is 0. The van der Waals surface area contributed by atoms with E-state index in [2.05, 4.69) is 10.6 Å². The van der Waals surface area contributed by atoms with Crippen LogP contribution < -0.4 is 10.6 Å². The topological polar surface area (TPSA) is 61.4 Å². The van der Waals surface area contributed by atoms with E-state index in [0.29, 0.717) is 10.8 Å². The van der Waals surface area contributed by atoms with Crippen LogP contribution >= 0.6 is 12.2 Å². The number of benzene rings is 2. The second-order valence-electron chi connectivity index (χ2n) is 5.16. The van der Waals surface area contributed by atoms with Gasteiger partial charge in [0.05, 0.1) is 5.56 Å². The highest BCUT2D eigenvalue weighted by atomic mass is 32.1. The zero-order chi connectivity index (χ0) is 16.3. The zero-order valence-electron chi connectivity index (χ0n) is 12.7. The van der Waals surface area contributed by atoms with E-state index in [1.165, 1.54) is 5.56 Å². The van der Waals surface area contributed by atoms with Gasteiger partial charge in [-0.15, -0.1) is 0 Å². The number of anilines is 2. The summed E-state index contributed by atoms with van der Waals surface area (Å²) in [5.41, 5.74) is 5.07. The van der Waals surface area contributed by atoms with Gasteiger partial charge in [-0.2, -0.15) is 0 Å². The fourth-order valence-electron chi connectivity index (χ4n) is 2.05. The van der Waals surface area contributed by atoms with Crippen LogP contribution in [0.5, 0.6) is 0 Å². The lowest BCUT2D eigenvalue weighted by Gasteiger charge is -2.15. The van der Waals surface area contributed by atoms with Crippen molar-refractivity contribution < 1.29 is 9.90 Å². The van der Waals surface area contributed by atoms with E-state index in [1.54, 1.807) is 18.2 Å². The second-order valence-corrected chi connectivity index (χ2v) is 5.57. The van der Waals surface area contributed by atoms with Crippen LogP contribution in [0.25, 0.3) is 0 Å². The van der Waals surface area contributed by atoms with Crippen molar-refractivity contribution in [2.24, 2.45) is 0 Å². The number of aromatic carboxylic acids is 1. The molecule has 0 unspecified atom stereocenters. The SMILES string of the molecule is Cc1ccc(C(=O)O)cc1NC(=S)Nc1cccc(C)c1C. The van der Waals surface area contributed by atoms with E-state index >= 15 is 0 Å². The van der Waals surface area contributed by atoms with Gasteiger partial charge in [0.2, 0.25) is 0 Å². The Hall–Kier alpha value is -2.40. The molecule has 0 aliphatic heterocycles. The molecule has 0 heterocycles. The number of carboxylic acids is 1. The molecule has 0 bridgehead atoms. The van der Waals surface area contributed by atoms with Gasteiger partial charge in [-0.05, 0) is 67.9 Å². The van der Waals surface area contributed by atoms with Crippen LogP contribution in [0.3, 0.4) is 0 Å². The Balaban J connectivity index is 2.17. The zero-order valence-corrected chi connectivity index (χ0v) is 13.5. The first kappa shape index (κ1) is 16.0. The average Bonchev–Trinajstić information content (AvgIpc) is 2.46. The summed E-state index contributed by atoms with van der Waals surface area (Å²) in [6.45, 7) is 5.96. The molecule has 0 spiro atoms. The number of aryl methyl sites for hydroxylation is 2. The molecule has 2 aromatic carbocycles. The normalized spacial score (nSPS) is 10.1. The first-order chi connectivity index (χ1) is 10.4. The van der Waals surface area contributed by atoms with Crippen LogP contribution in [-0.2, 0) is 0 Å². The fraction of sp³-hybridized carbons (Fsp3) is 0.176. The monoisotopic (exact) mass is 314 g/mol. The van der Waals surface area contributed by atoms with Gasteiger partial charge in [-0.25, -0.2) is 4.79 Å². The molecule has 0 radical (unpaired) electrons. The molecule has 0 saturated heterocycles. The number of carbonyl (C=O) groups is 1. The molecule has 0 aliphatic rings. The molecule has 0 atom stereocenters. The van der Waals surface area contributed by atoms with Gasteiger partial charge in [0.1, 0.15) is 0 Å². The maximum absolute atomic E-state index is 11.0. The smallest absolute Gasteiger partial charge is 0.335 e. The number of rotatable bonds is 3. The molecule has 0 fully saturated rings. The lowest BCUT2D eigenvalue weighted by molar-refractivity contribution is 0.0697. The number of nitrogens with one attached hydrogen (secondary N) is 2. The van der Waals surface area contributed by atoms with Gasteiger partial charge in [-0.1, -0.05) is 18.2 Å². The van der Waals surface area contributed by atoms with E-state index < -0.39 is 5.97 Å². The minimum Gasteiger partial charge on any atom is -0.478 e. The molecule has 22 heavy (non-hydrogen) atoms. The summed E-state index contributed by atoms with van der Waals surface area (Å²) in [5, 5.41) is 15.7. The Morgan fingerprint density at radius 1 is 1.00 bits per heavy atom. The maximum Gasteiger partial charge on any atom is 0.335 e. The third-order valence-electron chi connectivity index (χ3n) is 3.59. The summed E-state index contributed by atoms with van der Waals surface area (Å²) in [4.78, 5) is 11.0. The lowest BCUT2D eigenvalue weighted by atomic mass is 10.1. The van der Waals surface area contributed by atoms with Gasteiger partial charge in [0.15, 0.2) is 5.11 Å². The predicted molar refractivity (Wildman–Crippen MR) is 93.9 cm³/mol. The van der Waals surface area contributed by atoms with Crippen molar-refractivity contribution in [3.05, 3.63) is 58.7 Å². The van der Waals surface area contributed by atoms with Crippen LogP contribution in [-0.4, -0.2) is 16.2 Å². The molecule has 0 amide bonds. The molecule has 2 rings (SSSR count).